The molecule has 20 heavy (non-hydrogen) atoms. The summed E-state index contributed by atoms with van der Waals surface area (Å²) in [7, 11) is 1.85. The topological polar surface area (TPSA) is 56.3 Å². The molecule has 0 fully saturated rings. The number of aromatic nitrogens is 2. The minimum Gasteiger partial charge on any atom is -0.485 e. The first-order valence-corrected chi connectivity index (χ1v) is 6.60. The van der Waals surface area contributed by atoms with Crippen molar-refractivity contribution in [1.82, 2.24) is 9.97 Å². The van der Waals surface area contributed by atoms with Gasteiger partial charge in [-0.25, -0.2) is 9.97 Å². The zero-order chi connectivity index (χ0) is 14.1. The van der Waals surface area contributed by atoms with Gasteiger partial charge in [-0.2, -0.15) is 0 Å². The molecule has 0 saturated carbocycles. The molecule has 5 heteroatoms. The third-order valence-corrected chi connectivity index (χ3v) is 3.44. The molecule has 2 heterocycles. The van der Waals surface area contributed by atoms with E-state index >= 15 is 0 Å². The number of nitrogens with zero attached hydrogens (tertiary/aromatic N) is 2. The lowest BCUT2D eigenvalue weighted by Crippen LogP contribution is -2.24. The lowest BCUT2D eigenvalue weighted by atomic mass is 10.2. The van der Waals surface area contributed by atoms with E-state index in [1.165, 1.54) is 0 Å². The highest BCUT2D eigenvalue weighted by molar-refractivity contribution is 5.45. The lowest BCUT2D eigenvalue weighted by Gasteiger charge is -2.26. The molecule has 1 aromatic carbocycles. The Kier molecular flexibility index (Phi) is 3.18. The molecule has 1 atom stereocenters. The van der Waals surface area contributed by atoms with Gasteiger partial charge in [0.05, 0.1) is 0 Å². The van der Waals surface area contributed by atoms with E-state index in [4.69, 9.17) is 9.47 Å². The number of hydrogen-bond acceptors (Lipinski definition) is 5. The molecule has 1 aromatic heterocycles. The predicted molar refractivity (Wildman–Crippen MR) is 76.4 cm³/mol. The lowest BCUT2D eigenvalue weighted by molar-refractivity contribution is 0.0850. The van der Waals surface area contributed by atoms with E-state index in [1.807, 2.05) is 45.2 Å². The van der Waals surface area contributed by atoms with Crippen LogP contribution >= 0.6 is 0 Å². The molecule has 1 aliphatic heterocycles. The maximum atomic E-state index is 5.93. The van der Waals surface area contributed by atoms with Gasteiger partial charge in [-0.3, -0.25) is 0 Å². The Morgan fingerprint density at radius 1 is 1.15 bits per heavy atom. The van der Waals surface area contributed by atoms with Crippen LogP contribution in [0.2, 0.25) is 0 Å². The average molecular weight is 271 g/mol. The fourth-order valence-electron chi connectivity index (χ4n) is 2.18. The van der Waals surface area contributed by atoms with Gasteiger partial charge in [0.25, 0.3) is 0 Å². The molecule has 104 valence electrons. The number of anilines is 1. The third-order valence-electron chi connectivity index (χ3n) is 3.44. The zero-order valence-electron chi connectivity index (χ0n) is 11.8. The van der Waals surface area contributed by atoms with Gasteiger partial charge in [-0.05, 0) is 26.0 Å². The van der Waals surface area contributed by atoms with Crippen LogP contribution < -0.4 is 14.8 Å². The van der Waals surface area contributed by atoms with Crippen LogP contribution in [-0.4, -0.2) is 23.6 Å². The van der Waals surface area contributed by atoms with Crippen molar-refractivity contribution < 1.29 is 9.47 Å². The SMILES string of the molecule is CNc1nc(C2COc3ccccc3O2)nc(C)c1C. The Hall–Kier alpha value is -2.30. The van der Waals surface area contributed by atoms with Crippen LogP contribution in [-0.2, 0) is 0 Å². The average Bonchev–Trinajstić information content (AvgIpc) is 2.49. The number of hydrogen-bond donors (Lipinski definition) is 1. The summed E-state index contributed by atoms with van der Waals surface area (Å²) in [6.45, 7) is 4.39. The molecule has 0 amide bonds. The quantitative estimate of drug-likeness (QED) is 0.910. The Morgan fingerprint density at radius 3 is 2.65 bits per heavy atom. The zero-order valence-corrected chi connectivity index (χ0v) is 11.8. The highest BCUT2D eigenvalue weighted by Gasteiger charge is 2.25. The van der Waals surface area contributed by atoms with Gasteiger partial charge < -0.3 is 14.8 Å². The first-order chi connectivity index (χ1) is 9.69. The first kappa shape index (κ1) is 12.7. The fraction of sp³-hybridized carbons (Fsp3) is 0.333. The number of ether oxygens (including phenoxy) is 2. The summed E-state index contributed by atoms with van der Waals surface area (Å²) in [6, 6.07) is 7.63. The van der Waals surface area contributed by atoms with Gasteiger partial charge in [0.1, 0.15) is 12.4 Å². The fourth-order valence-corrected chi connectivity index (χ4v) is 2.18. The Morgan fingerprint density at radius 2 is 1.90 bits per heavy atom. The summed E-state index contributed by atoms with van der Waals surface area (Å²) in [6.07, 6.45) is -0.281. The molecule has 0 radical (unpaired) electrons. The van der Waals surface area contributed by atoms with Gasteiger partial charge >= 0.3 is 0 Å². The molecular weight excluding hydrogens is 254 g/mol. The van der Waals surface area contributed by atoms with Crippen molar-refractivity contribution in [2.75, 3.05) is 19.0 Å². The second kappa shape index (κ2) is 5.00. The highest BCUT2D eigenvalue weighted by Crippen LogP contribution is 2.35. The van der Waals surface area contributed by atoms with Crippen molar-refractivity contribution >= 4 is 5.82 Å². The minimum atomic E-state index is -0.281. The van der Waals surface area contributed by atoms with Gasteiger partial charge in [-0.1, -0.05) is 12.1 Å². The van der Waals surface area contributed by atoms with E-state index in [1.54, 1.807) is 0 Å². The Balaban J connectivity index is 1.93. The maximum absolute atomic E-state index is 5.93. The van der Waals surface area contributed by atoms with Crippen LogP contribution in [0.5, 0.6) is 11.5 Å². The van der Waals surface area contributed by atoms with Crippen molar-refractivity contribution in [3.8, 4) is 11.5 Å². The number of fused-ring (bicyclic) bond motifs is 1. The van der Waals surface area contributed by atoms with E-state index in [0.717, 1.165) is 28.6 Å². The first-order valence-electron chi connectivity index (χ1n) is 6.60. The van der Waals surface area contributed by atoms with Crippen LogP contribution in [0.1, 0.15) is 23.2 Å². The van der Waals surface area contributed by atoms with Crippen LogP contribution in [0.25, 0.3) is 0 Å². The normalized spacial score (nSPS) is 16.9. The number of benzene rings is 1. The molecule has 1 N–H and O–H groups in total. The van der Waals surface area contributed by atoms with Crippen molar-refractivity contribution in [3.05, 3.63) is 41.3 Å². The van der Waals surface area contributed by atoms with Gasteiger partial charge in [0.15, 0.2) is 23.4 Å². The van der Waals surface area contributed by atoms with Gasteiger partial charge in [0.2, 0.25) is 0 Å². The van der Waals surface area contributed by atoms with Crippen molar-refractivity contribution in [2.24, 2.45) is 0 Å². The maximum Gasteiger partial charge on any atom is 0.192 e. The molecule has 3 rings (SSSR count). The summed E-state index contributed by atoms with van der Waals surface area (Å²) < 4.78 is 11.6. The molecular formula is C15H17N3O2. The van der Waals surface area contributed by atoms with E-state index in [0.29, 0.717) is 12.4 Å². The van der Waals surface area contributed by atoms with E-state index < -0.39 is 0 Å². The monoisotopic (exact) mass is 271 g/mol. The molecule has 0 saturated heterocycles. The highest BCUT2D eigenvalue weighted by atomic mass is 16.6. The van der Waals surface area contributed by atoms with Crippen LogP contribution in [0.4, 0.5) is 5.82 Å². The molecule has 5 nitrogen and oxygen atoms in total. The van der Waals surface area contributed by atoms with E-state index in [-0.39, 0.29) is 6.10 Å². The molecule has 2 aromatic rings. The minimum absolute atomic E-state index is 0.281. The molecule has 0 spiro atoms. The number of para-hydroxylation sites is 2. The summed E-state index contributed by atoms with van der Waals surface area (Å²) in [5, 5.41) is 3.09. The summed E-state index contributed by atoms with van der Waals surface area (Å²) in [5.74, 6) is 2.97. The summed E-state index contributed by atoms with van der Waals surface area (Å²) in [5.41, 5.74) is 2.00. The van der Waals surface area contributed by atoms with Gasteiger partial charge in [-0.15, -0.1) is 0 Å². The Labute approximate surface area is 118 Å². The smallest absolute Gasteiger partial charge is 0.192 e. The summed E-state index contributed by atoms with van der Waals surface area (Å²) >= 11 is 0. The summed E-state index contributed by atoms with van der Waals surface area (Å²) in [4.78, 5) is 9.04. The number of rotatable bonds is 2. The second-order valence-corrected chi connectivity index (χ2v) is 4.76. The van der Waals surface area contributed by atoms with Crippen molar-refractivity contribution in [1.29, 1.82) is 0 Å². The molecule has 0 aliphatic carbocycles. The standard InChI is InChI=1S/C15H17N3O2/c1-9-10(2)17-15(18-14(9)16-3)13-8-19-11-6-4-5-7-12(11)20-13/h4-7,13H,8H2,1-3H3,(H,16,17,18). The van der Waals surface area contributed by atoms with Crippen molar-refractivity contribution in [3.63, 3.8) is 0 Å². The predicted octanol–water partition coefficient (Wildman–Crippen LogP) is 2.65. The largest absolute Gasteiger partial charge is 0.485 e. The second-order valence-electron chi connectivity index (χ2n) is 4.76. The molecule has 0 bridgehead atoms. The van der Waals surface area contributed by atoms with Crippen LogP contribution in [0.15, 0.2) is 24.3 Å². The number of aryl methyl sites for hydroxylation is 1. The van der Waals surface area contributed by atoms with Gasteiger partial charge in [0, 0.05) is 18.3 Å². The number of nitrogens with one attached hydrogen (secondary N) is 1. The Bertz CT molecular complexity index is 643. The van der Waals surface area contributed by atoms with Crippen molar-refractivity contribution in [2.45, 2.75) is 20.0 Å². The van der Waals surface area contributed by atoms with E-state index in [9.17, 15) is 0 Å². The van der Waals surface area contributed by atoms with E-state index in [2.05, 4.69) is 15.3 Å². The van der Waals surface area contributed by atoms with Crippen LogP contribution in [0, 0.1) is 13.8 Å². The molecule has 1 unspecified atom stereocenters. The third kappa shape index (κ3) is 2.15. The molecule has 1 aliphatic rings. The van der Waals surface area contributed by atoms with Crippen LogP contribution in [0.3, 0.4) is 0 Å².